The van der Waals surface area contributed by atoms with Crippen LogP contribution in [0.2, 0.25) is 0 Å². The number of likely N-dealkylation sites (tertiary alicyclic amines) is 1. The van der Waals surface area contributed by atoms with Gasteiger partial charge >= 0.3 is 5.69 Å². The van der Waals surface area contributed by atoms with Gasteiger partial charge in [-0.1, -0.05) is 12.1 Å². The van der Waals surface area contributed by atoms with Crippen LogP contribution in [-0.4, -0.2) is 46.4 Å². The number of fused-ring (bicyclic) bond motifs is 3. The second kappa shape index (κ2) is 6.65. The molecule has 4 heterocycles. The van der Waals surface area contributed by atoms with E-state index in [1.807, 2.05) is 22.8 Å². The van der Waals surface area contributed by atoms with E-state index in [0.29, 0.717) is 6.61 Å². The van der Waals surface area contributed by atoms with Gasteiger partial charge in [0, 0.05) is 22.9 Å². The second-order valence-corrected chi connectivity index (χ2v) is 8.37. The molecule has 2 aliphatic rings. The number of H-pyrrole nitrogens is 1. The lowest BCUT2D eigenvalue weighted by Gasteiger charge is -2.29. The Morgan fingerprint density at radius 3 is 2.93 bits per heavy atom. The molecule has 2 aliphatic heterocycles. The van der Waals surface area contributed by atoms with E-state index < -0.39 is 0 Å². The number of hydrogen-bond acceptors (Lipinski definition) is 5. The summed E-state index contributed by atoms with van der Waals surface area (Å²) < 4.78 is 7.77. The number of benzene rings is 1. The van der Waals surface area contributed by atoms with Crippen molar-refractivity contribution in [1.29, 1.82) is 0 Å². The van der Waals surface area contributed by atoms with E-state index in [1.54, 1.807) is 11.3 Å². The van der Waals surface area contributed by atoms with Crippen LogP contribution in [0.3, 0.4) is 0 Å². The van der Waals surface area contributed by atoms with Crippen LogP contribution in [-0.2, 0) is 6.42 Å². The average molecular weight is 382 g/mol. The first-order chi connectivity index (χ1) is 13.2. The van der Waals surface area contributed by atoms with Gasteiger partial charge in [0.1, 0.15) is 5.75 Å². The SMILES string of the molecule is CN1CCC(n2c(-c3cc4c(s3)-c3ccccc3OCC4)n[nH]c2=O)CC1. The zero-order valence-corrected chi connectivity index (χ0v) is 16.1. The van der Waals surface area contributed by atoms with Gasteiger partial charge in [-0.2, -0.15) is 5.10 Å². The Labute approximate surface area is 161 Å². The number of nitrogens with zero attached hydrogens (tertiary/aromatic N) is 3. The lowest BCUT2D eigenvalue weighted by atomic mass is 10.1. The van der Waals surface area contributed by atoms with E-state index in [1.165, 1.54) is 10.4 Å². The van der Waals surface area contributed by atoms with Crippen molar-refractivity contribution in [1.82, 2.24) is 19.7 Å². The Morgan fingerprint density at radius 1 is 1.26 bits per heavy atom. The number of aromatic nitrogens is 3. The van der Waals surface area contributed by atoms with Crippen molar-refractivity contribution in [2.45, 2.75) is 25.3 Å². The molecule has 27 heavy (non-hydrogen) atoms. The first kappa shape index (κ1) is 16.8. The predicted octanol–water partition coefficient (Wildman–Crippen LogP) is 3.17. The van der Waals surface area contributed by atoms with Crippen LogP contribution in [0, 0.1) is 0 Å². The minimum Gasteiger partial charge on any atom is -0.493 e. The lowest BCUT2D eigenvalue weighted by molar-refractivity contribution is 0.220. The molecule has 0 bridgehead atoms. The molecular formula is C20H22N4O2S. The van der Waals surface area contributed by atoms with E-state index in [0.717, 1.165) is 54.4 Å². The van der Waals surface area contributed by atoms with Gasteiger partial charge in [-0.05, 0) is 56.7 Å². The summed E-state index contributed by atoms with van der Waals surface area (Å²) in [4.78, 5) is 17.1. The van der Waals surface area contributed by atoms with Crippen LogP contribution in [0.15, 0.2) is 35.1 Å². The third-order valence-corrected chi connectivity index (χ3v) is 6.75. The fourth-order valence-electron chi connectivity index (χ4n) is 4.07. The van der Waals surface area contributed by atoms with Gasteiger partial charge in [0.05, 0.1) is 11.5 Å². The van der Waals surface area contributed by atoms with Gasteiger partial charge in [-0.25, -0.2) is 9.89 Å². The molecule has 5 rings (SSSR count). The maximum Gasteiger partial charge on any atom is 0.343 e. The average Bonchev–Trinajstić information content (AvgIpc) is 3.22. The molecule has 0 spiro atoms. The van der Waals surface area contributed by atoms with E-state index >= 15 is 0 Å². The van der Waals surface area contributed by atoms with E-state index in [4.69, 9.17) is 4.74 Å². The Hall–Kier alpha value is -2.38. The number of thiophene rings is 1. The number of piperidine rings is 1. The summed E-state index contributed by atoms with van der Waals surface area (Å²) in [6.45, 7) is 2.68. The third kappa shape index (κ3) is 2.91. The number of ether oxygens (including phenoxy) is 1. The van der Waals surface area contributed by atoms with E-state index in [2.05, 4.69) is 34.3 Å². The molecule has 3 aromatic rings. The zero-order chi connectivity index (χ0) is 18.4. The molecule has 0 radical (unpaired) electrons. The van der Waals surface area contributed by atoms with Crippen LogP contribution < -0.4 is 10.4 Å². The van der Waals surface area contributed by atoms with Crippen LogP contribution in [0.1, 0.15) is 24.4 Å². The molecule has 0 amide bonds. The number of aromatic amines is 1. The summed E-state index contributed by atoms with van der Waals surface area (Å²) in [6, 6.07) is 10.6. The van der Waals surface area contributed by atoms with E-state index in [-0.39, 0.29) is 11.7 Å². The molecule has 0 saturated carbocycles. The maximum atomic E-state index is 12.5. The van der Waals surface area contributed by atoms with Crippen LogP contribution >= 0.6 is 11.3 Å². The van der Waals surface area contributed by atoms with Crippen molar-refractivity contribution >= 4 is 11.3 Å². The van der Waals surface area contributed by atoms with Gasteiger partial charge in [-0.15, -0.1) is 11.3 Å². The summed E-state index contributed by atoms with van der Waals surface area (Å²) in [5.74, 6) is 1.70. The predicted molar refractivity (Wildman–Crippen MR) is 107 cm³/mol. The molecule has 0 atom stereocenters. The second-order valence-electron chi connectivity index (χ2n) is 7.32. The molecule has 2 aromatic heterocycles. The summed E-state index contributed by atoms with van der Waals surface area (Å²) in [7, 11) is 2.13. The number of nitrogens with one attached hydrogen (secondary N) is 1. The fraction of sp³-hybridized carbons (Fsp3) is 0.400. The van der Waals surface area contributed by atoms with Crippen molar-refractivity contribution in [3.05, 3.63) is 46.4 Å². The minimum absolute atomic E-state index is 0.105. The normalized spacial score (nSPS) is 17.8. The standard InChI is InChI=1S/C20H22N4O2S/c1-23-9-6-14(7-10-23)24-19(21-22-20(24)25)17-12-13-8-11-26-16-5-3-2-4-15(16)18(13)27-17/h2-5,12,14H,6-11H2,1H3,(H,22,25). The van der Waals surface area contributed by atoms with Gasteiger partial charge in [-0.3, -0.25) is 4.57 Å². The van der Waals surface area contributed by atoms with Gasteiger partial charge in [0.15, 0.2) is 5.82 Å². The lowest BCUT2D eigenvalue weighted by Crippen LogP contribution is -2.34. The van der Waals surface area contributed by atoms with Gasteiger partial charge < -0.3 is 9.64 Å². The van der Waals surface area contributed by atoms with Crippen LogP contribution in [0.4, 0.5) is 0 Å². The van der Waals surface area contributed by atoms with Crippen molar-refractivity contribution in [2.75, 3.05) is 26.7 Å². The van der Waals surface area contributed by atoms with Crippen LogP contribution in [0.25, 0.3) is 21.1 Å². The molecule has 0 unspecified atom stereocenters. The summed E-state index contributed by atoms with van der Waals surface area (Å²) in [5, 5.41) is 7.08. The first-order valence-electron chi connectivity index (χ1n) is 9.41. The molecule has 6 nitrogen and oxygen atoms in total. The molecule has 7 heteroatoms. The highest BCUT2D eigenvalue weighted by molar-refractivity contribution is 7.19. The fourth-order valence-corrected chi connectivity index (χ4v) is 5.30. The Kier molecular flexibility index (Phi) is 4.13. The molecule has 1 fully saturated rings. The Balaban J connectivity index is 1.58. The minimum atomic E-state index is -0.105. The number of rotatable bonds is 2. The molecule has 140 valence electrons. The molecule has 0 aliphatic carbocycles. The summed E-state index contributed by atoms with van der Waals surface area (Å²) in [5.41, 5.74) is 2.29. The monoisotopic (exact) mass is 382 g/mol. The topological polar surface area (TPSA) is 63.1 Å². The van der Waals surface area contributed by atoms with Gasteiger partial charge in [0.2, 0.25) is 0 Å². The van der Waals surface area contributed by atoms with Crippen molar-refractivity contribution in [3.63, 3.8) is 0 Å². The van der Waals surface area contributed by atoms with Gasteiger partial charge in [0.25, 0.3) is 0 Å². The Morgan fingerprint density at radius 2 is 2.07 bits per heavy atom. The highest BCUT2D eigenvalue weighted by Gasteiger charge is 2.26. The first-order valence-corrected chi connectivity index (χ1v) is 10.2. The van der Waals surface area contributed by atoms with E-state index in [9.17, 15) is 4.79 Å². The third-order valence-electron chi connectivity index (χ3n) is 5.55. The number of hydrogen-bond donors (Lipinski definition) is 1. The number of para-hydroxylation sites is 1. The van der Waals surface area contributed by atoms with Crippen molar-refractivity contribution in [2.24, 2.45) is 0 Å². The van der Waals surface area contributed by atoms with Crippen LogP contribution in [0.5, 0.6) is 5.75 Å². The smallest absolute Gasteiger partial charge is 0.343 e. The van der Waals surface area contributed by atoms with Crippen molar-refractivity contribution < 1.29 is 4.74 Å². The highest BCUT2D eigenvalue weighted by atomic mass is 32.1. The van der Waals surface area contributed by atoms with Crippen molar-refractivity contribution in [3.8, 4) is 26.9 Å². The Bertz CT molecular complexity index is 1030. The largest absolute Gasteiger partial charge is 0.493 e. The molecular weight excluding hydrogens is 360 g/mol. The quantitative estimate of drug-likeness (QED) is 0.739. The summed E-state index contributed by atoms with van der Waals surface area (Å²) >= 11 is 1.70. The molecule has 1 saturated heterocycles. The molecule has 1 aromatic carbocycles. The summed E-state index contributed by atoms with van der Waals surface area (Å²) in [6.07, 6.45) is 2.82. The molecule has 1 N–H and O–H groups in total. The maximum absolute atomic E-state index is 12.5. The zero-order valence-electron chi connectivity index (χ0n) is 15.3. The highest BCUT2D eigenvalue weighted by Crippen LogP contribution is 2.43.